The molecule has 1 saturated heterocycles. The van der Waals surface area contributed by atoms with Crippen molar-refractivity contribution in [2.75, 3.05) is 18.1 Å². The molecule has 3 aromatic rings. The highest BCUT2D eigenvalue weighted by Gasteiger charge is 2.49. The number of aryl methyl sites for hydroxylation is 2. The number of rotatable bonds is 8. The Morgan fingerprint density at radius 3 is 2.55 bits per heavy atom. The van der Waals surface area contributed by atoms with Crippen molar-refractivity contribution >= 4 is 39.9 Å². The molecule has 1 unspecified atom stereocenters. The van der Waals surface area contributed by atoms with Crippen molar-refractivity contribution < 1.29 is 33.4 Å². The van der Waals surface area contributed by atoms with Crippen LogP contribution in [0.2, 0.25) is 0 Å². The van der Waals surface area contributed by atoms with Crippen molar-refractivity contribution in [1.29, 1.82) is 0 Å². The average molecular weight is 539 g/mol. The Hall–Kier alpha value is -4.05. The third kappa shape index (κ3) is 4.91. The predicted octanol–water partition coefficient (Wildman–Crippen LogP) is 5.49. The van der Waals surface area contributed by atoms with Gasteiger partial charge in [0.05, 0.1) is 24.5 Å². The second kappa shape index (κ2) is 11.1. The fraction of sp³-hybridized carbons (Fsp3) is 0.286. The average Bonchev–Trinajstić information content (AvgIpc) is 3.39. The number of aliphatic hydroxyl groups is 1. The lowest BCUT2D eigenvalue weighted by Crippen LogP contribution is -2.29. The fourth-order valence-corrected chi connectivity index (χ4v) is 5.24. The number of aliphatic hydroxyl groups excluding tert-OH is 1. The third-order valence-electron chi connectivity index (χ3n) is 6.02. The molecule has 8 nitrogen and oxygen atoms in total. The maximum Gasteiger partial charge on any atom is 0.350 e. The van der Waals surface area contributed by atoms with Gasteiger partial charge in [-0.25, -0.2) is 14.2 Å². The Morgan fingerprint density at radius 1 is 1.16 bits per heavy atom. The molecule has 1 N–H and O–H groups in total. The Kier molecular flexibility index (Phi) is 7.91. The molecule has 1 fully saturated rings. The normalized spacial score (nSPS) is 16.7. The van der Waals surface area contributed by atoms with Gasteiger partial charge in [-0.2, -0.15) is 0 Å². The molecule has 1 aliphatic rings. The van der Waals surface area contributed by atoms with E-state index in [2.05, 4.69) is 4.98 Å². The zero-order valence-corrected chi connectivity index (χ0v) is 22.2. The Labute approximate surface area is 223 Å². The molecule has 38 heavy (non-hydrogen) atoms. The van der Waals surface area contributed by atoms with E-state index in [-0.39, 0.29) is 27.8 Å². The van der Waals surface area contributed by atoms with Crippen LogP contribution in [0.3, 0.4) is 0 Å². The lowest BCUT2D eigenvalue weighted by Gasteiger charge is -2.23. The first-order chi connectivity index (χ1) is 18.2. The summed E-state index contributed by atoms with van der Waals surface area (Å²) >= 11 is 0.861. The molecule has 0 radical (unpaired) electrons. The number of Topliss-reactive ketones (excluding diaryl/α,β-unsaturated/α-hetero) is 1. The summed E-state index contributed by atoms with van der Waals surface area (Å²) in [6.07, 6.45) is 0.820. The molecule has 1 aromatic heterocycles. The van der Waals surface area contributed by atoms with Crippen LogP contribution < -0.4 is 9.64 Å². The summed E-state index contributed by atoms with van der Waals surface area (Å²) in [6, 6.07) is 9.35. The topological polar surface area (TPSA) is 106 Å². The van der Waals surface area contributed by atoms with Gasteiger partial charge in [-0.3, -0.25) is 14.5 Å². The molecule has 0 aliphatic carbocycles. The molecule has 0 spiro atoms. The van der Waals surface area contributed by atoms with Crippen LogP contribution in [0.15, 0.2) is 48.0 Å². The van der Waals surface area contributed by atoms with Crippen molar-refractivity contribution in [2.45, 2.75) is 40.2 Å². The van der Waals surface area contributed by atoms with E-state index in [0.29, 0.717) is 29.2 Å². The van der Waals surface area contributed by atoms with Gasteiger partial charge in [0.1, 0.15) is 28.2 Å². The number of thiazole rings is 1. The number of aromatic nitrogens is 1. The number of ether oxygens (including phenoxy) is 2. The SMILES string of the molecule is CCCOc1ccc(/C(O)=C2\C(=O)C(=O)N(c3nc(C)c(C(=O)OCC)s3)C2c2ccccc2F)c(C)c1. The molecule has 1 atom stereocenters. The van der Waals surface area contributed by atoms with Gasteiger partial charge in [0.2, 0.25) is 0 Å². The second-order valence-electron chi connectivity index (χ2n) is 8.65. The summed E-state index contributed by atoms with van der Waals surface area (Å²) in [4.78, 5) is 44.7. The minimum absolute atomic E-state index is 0.000611. The molecule has 0 bridgehead atoms. The van der Waals surface area contributed by atoms with Crippen LogP contribution in [0.4, 0.5) is 9.52 Å². The maximum atomic E-state index is 15.1. The first-order valence-corrected chi connectivity index (χ1v) is 12.9. The Balaban J connectivity index is 1.89. The number of ketones is 1. The van der Waals surface area contributed by atoms with Gasteiger partial charge >= 0.3 is 11.9 Å². The molecule has 10 heteroatoms. The van der Waals surface area contributed by atoms with Crippen LogP contribution in [-0.4, -0.2) is 41.0 Å². The highest BCUT2D eigenvalue weighted by atomic mass is 32.1. The van der Waals surface area contributed by atoms with Crippen LogP contribution in [0, 0.1) is 19.7 Å². The predicted molar refractivity (Wildman–Crippen MR) is 141 cm³/mol. The van der Waals surface area contributed by atoms with Crippen molar-refractivity contribution in [1.82, 2.24) is 4.98 Å². The number of anilines is 1. The molecule has 0 saturated carbocycles. The lowest BCUT2D eigenvalue weighted by atomic mass is 9.93. The standard InChI is InChI=1S/C28H27FN2O6S/c1-5-13-37-17-11-12-18(15(3)14-17)23(32)21-22(19-9-7-8-10-20(19)29)31(26(34)24(21)33)28-30-16(4)25(38-28)27(35)36-6-2/h7-12,14,22,32H,5-6,13H2,1-4H3/b23-21+. The van der Waals surface area contributed by atoms with Gasteiger partial charge in [0.15, 0.2) is 5.13 Å². The molecule has 198 valence electrons. The number of amides is 1. The zero-order chi connectivity index (χ0) is 27.6. The van der Waals surface area contributed by atoms with Gasteiger partial charge in [0.25, 0.3) is 5.78 Å². The van der Waals surface area contributed by atoms with E-state index in [1.807, 2.05) is 6.92 Å². The van der Waals surface area contributed by atoms with E-state index in [0.717, 1.165) is 22.7 Å². The summed E-state index contributed by atoms with van der Waals surface area (Å²) in [7, 11) is 0. The van der Waals surface area contributed by atoms with Crippen molar-refractivity contribution in [3.05, 3.63) is 81.1 Å². The quantitative estimate of drug-likeness (QED) is 0.175. The van der Waals surface area contributed by atoms with Gasteiger partial charge < -0.3 is 14.6 Å². The summed E-state index contributed by atoms with van der Waals surface area (Å²) < 4.78 is 25.8. The number of hydrogen-bond acceptors (Lipinski definition) is 8. The fourth-order valence-electron chi connectivity index (χ4n) is 4.25. The summed E-state index contributed by atoms with van der Waals surface area (Å²) in [5, 5.41) is 11.4. The highest BCUT2D eigenvalue weighted by molar-refractivity contribution is 7.17. The van der Waals surface area contributed by atoms with E-state index in [1.54, 1.807) is 45.0 Å². The monoisotopic (exact) mass is 538 g/mol. The highest BCUT2D eigenvalue weighted by Crippen LogP contribution is 2.45. The number of esters is 1. The van der Waals surface area contributed by atoms with E-state index >= 15 is 4.39 Å². The van der Waals surface area contributed by atoms with Crippen LogP contribution in [0.1, 0.15) is 58.4 Å². The molecule has 4 rings (SSSR count). The first kappa shape index (κ1) is 27.0. The van der Waals surface area contributed by atoms with E-state index in [4.69, 9.17) is 9.47 Å². The Morgan fingerprint density at radius 2 is 1.89 bits per heavy atom. The first-order valence-electron chi connectivity index (χ1n) is 12.1. The molecular formula is C28H27FN2O6S. The van der Waals surface area contributed by atoms with Gasteiger partial charge in [0, 0.05) is 11.1 Å². The molecular weight excluding hydrogens is 511 g/mol. The molecule has 2 heterocycles. The number of halogens is 1. The van der Waals surface area contributed by atoms with Gasteiger partial charge in [-0.15, -0.1) is 0 Å². The third-order valence-corrected chi connectivity index (χ3v) is 7.16. The summed E-state index contributed by atoms with van der Waals surface area (Å²) in [5.41, 5.74) is 0.923. The van der Waals surface area contributed by atoms with Crippen molar-refractivity contribution in [3.8, 4) is 5.75 Å². The number of hydrogen-bond donors (Lipinski definition) is 1. The van der Waals surface area contributed by atoms with Gasteiger partial charge in [-0.05, 0) is 57.0 Å². The van der Waals surface area contributed by atoms with Crippen LogP contribution >= 0.6 is 11.3 Å². The maximum absolute atomic E-state index is 15.1. The minimum atomic E-state index is -1.31. The molecule has 2 aromatic carbocycles. The largest absolute Gasteiger partial charge is 0.507 e. The number of nitrogens with zero attached hydrogens (tertiary/aromatic N) is 2. The number of carbonyl (C=O) groups excluding carboxylic acids is 3. The molecule has 1 amide bonds. The van der Waals surface area contributed by atoms with Crippen molar-refractivity contribution in [3.63, 3.8) is 0 Å². The van der Waals surface area contributed by atoms with Crippen LogP contribution in [-0.2, 0) is 14.3 Å². The van der Waals surface area contributed by atoms with Crippen LogP contribution in [0.25, 0.3) is 5.76 Å². The van der Waals surface area contributed by atoms with E-state index < -0.39 is 35.3 Å². The van der Waals surface area contributed by atoms with E-state index in [1.165, 1.54) is 18.2 Å². The Bertz CT molecular complexity index is 1450. The van der Waals surface area contributed by atoms with Gasteiger partial charge in [-0.1, -0.05) is 36.5 Å². The minimum Gasteiger partial charge on any atom is -0.507 e. The zero-order valence-electron chi connectivity index (χ0n) is 21.4. The van der Waals surface area contributed by atoms with Crippen molar-refractivity contribution in [2.24, 2.45) is 0 Å². The number of carbonyl (C=O) groups is 3. The summed E-state index contributed by atoms with van der Waals surface area (Å²) in [6.45, 7) is 7.62. The lowest BCUT2D eigenvalue weighted by molar-refractivity contribution is -0.132. The second-order valence-corrected chi connectivity index (χ2v) is 9.62. The van der Waals surface area contributed by atoms with Crippen LogP contribution in [0.5, 0.6) is 5.75 Å². The summed E-state index contributed by atoms with van der Waals surface area (Å²) in [5.74, 6) is -3.13. The van der Waals surface area contributed by atoms with E-state index in [9.17, 15) is 19.5 Å². The number of benzene rings is 2. The smallest absolute Gasteiger partial charge is 0.350 e. The molecule has 1 aliphatic heterocycles.